The van der Waals surface area contributed by atoms with Crippen LogP contribution in [0.25, 0.3) is 0 Å². The Morgan fingerprint density at radius 3 is 2.58 bits per heavy atom. The SMILES string of the molecule is CON=C1CC[C@]2(C)C3=C(OC(=O)[C@H]2C1)[C@@H]1CC[C@H]([C@H](C)CCCC(C)C)[C@@]1(C)CC3. The van der Waals surface area contributed by atoms with E-state index in [4.69, 9.17) is 9.57 Å². The molecule has 1 aliphatic heterocycles. The quantitative estimate of drug-likeness (QED) is 0.341. The van der Waals surface area contributed by atoms with E-state index in [0.29, 0.717) is 12.3 Å². The molecule has 4 rings (SSSR count). The van der Waals surface area contributed by atoms with E-state index in [9.17, 15) is 4.79 Å². The van der Waals surface area contributed by atoms with Crippen LogP contribution < -0.4 is 0 Å². The summed E-state index contributed by atoms with van der Waals surface area (Å²) in [6.07, 6.45) is 11.4. The second kappa shape index (κ2) is 8.56. The number of esters is 1. The molecule has 0 aromatic heterocycles. The number of carbonyl (C=O) groups excluding carboxylic acids is 1. The van der Waals surface area contributed by atoms with Gasteiger partial charge in [0.2, 0.25) is 0 Å². The Balaban J connectivity index is 1.56. The molecule has 3 aliphatic carbocycles. The monoisotopic (exact) mass is 429 g/mol. The Labute approximate surface area is 189 Å². The van der Waals surface area contributed by atoms with Crippen molar-refractivity contribution in [3.63, 3.8) is 0 Å². The Morgan fingerprint density at radius 2 is 1.87 bits per heavy atom. The molecule has 0 amide bonds. The molecule has 1 heterocycles. The van der Waals surface area contributed by atoms with Gasteiger partial charge < -0.3 is 9.57 Å². The van der Waals surface area contributed by atoms with Crippen molar-refractivity contribution < 1.29 is 14.4 Å². The molecule has 0 spiro atoms. The van der Waals surface area contributed by atoms with Gasteiger partial charge in [0.1, 0.15) is 12.9 Å². The molecule has 6 atom stereocenters. The fourth-order valence-electron chi connectivity index (χ4n) is 7.70. The third-order valence-corrected chi connectivity index (χ3v) is 9.61. The molecule has 4 nitrogen and oxygen atoms in total. The highest BCUT2D eigenvalue weighted by molar-refractivity contribution is 5.91. The molecule has 4 aliphatic rings. The van der Waals surface area contributed by atoms with Gasteiger partial charge in [-0.05, 0) is 67.3 Å². The largest absolute Gasteiger partial charge is 0.431 e. The Hall–Kier alpha value is -1.32. The molecule has 2 saturated carbocycles. The first-order valence-electron chi connectivity index (χ1n) is 12.7. The van der Waals surface area contributed by atoms with Crippen LogP contribution in [-0.2, 0) is 14.4 Å². The molecule has 0 aromatic rings. The summed E-state index contributed by atoms with van der Waals surface area (Å²) in [4.78, 5) is 18.2. The predicted molar refractivity (Wildman–Crippen MR) is 124 cm³/mol. The van der Waals surface area contributed by atoms with Crippen molar-refractivity contribution in [1.82, 2.24) is 0 Å². The summed E-state index contributed by atoms with van der Waals surface area (Å²) in [5.41, 5.74) is 2.67. The summed E-state index contributed by atoms with van der Waals surface area (Å²) in [6, 6.07) is 0. The third-order valence-electron chi connectivity index (χ3n) is 9.61. The van der Waals surface area contributed by atoms with Crippen LogP contribution in [0.1, 0.15) is 98.8 Å². The number of ether oxygens (including phenoxy) is 1. The maximum atomic E-state index is 13.2. The lowest BCUT2D eigenvalue weighted by Gasteiger charge is -2.52. The zero-order valence-corrected chi connectivity index (χ0v) is 20.6. The Bertz CT molecular complexity index is 768. The van der Waals surface area contributed by atoms with E-state index >= 15 is 0 Å². The van der Waals surface area contributed by atoms with Crippen LogP contribution in [0, 0.1) is 40.4 Å². The van der Waals surface area contributed by atoms with Crippen molar-refractivity contribution in [1.29, 1.82) is 0 Å². The van der Waals surface area contributed by atoms with Crippen LogP contribution in [0.2, 0.25) is 0 Å². The zero-order valence-electron chi connectivity index (χ0n) is 20.6. The second-order valence-corrected chi connectivity index (χ2v) is 11.8. The van der Waals surface area contributed by atoms with Crippen molar-refractivity contribution >= 4 is 11.7 Å². The van der Waals surface area contributed by atoms with Crippen molar-refractivity contribution in [3.05, 3.63) is 11.3 Å². The topological polar surface area (TPSA) is 47.9 Å². The zero-order chi connectivity index (χ0) is 22.4. The fourth-order valence-corrected chi connectivity index (χ4v) is 7.70. The van der Waals surface area contributed by atoms with Crippen molar-refractivity contribution in [2.75, 3.05) is 7.11 Å². The lowest BCUT2D eigenvalue weighted by atomic mass is 9.54. The Morgan fingerprint density at radius 1 is 1.10 bits per heavy atom. The van der Waals surface area contributed by atoms with E-state index in [1.54, 1.807) is 7.11 Å². The van der Waals surface area contributed by atoms with Gasteiger partial charge in [-0.25, -0.2) is 0 Å². The first kappa shape index (κ1) is 22.9. The maximum absolute atomic E-state index is 13.2. The van der Waals surface area contributed by atoms with Crippen molar-refractivity contribution in [2.45, 2.75) is 98.8 Å². The van der Waals surface area contributed by atoms with E-state index in [1.807, 2.05) is 0 Å². The minimum absolute atomic E-state index is 0.0255. The van der Waals surface area contributed by atoms with Crippen LogP contribution in [0.3, 0.4) is 0 Å². The summed E-state index contributed by atoms with van der Waals surface area (Å²) in [5.74, 6) is 3.66. The lowest BCUT2D eigenvalue weighted by molar-refractivity contribution is -0.154. The summed E-state index contributed by atoms with van der Waals surface area (Å²) >= 11 is 0. The molecule has 4 heteroatoms. The second-order valence-electron chi connectivity index (χ2n) is 11.8. The number of rotatable bonds is 6. The highest BCUT2D eigenvalue weighted by Gasteiger charge is 2.59. The summed E-state index contributed by atoms with van der Waals surface area (Å²) < 4.78 is 6.22. The van der Waals surface area contributed by atoms with Gasteiger partial charge in [0, 0.05) is 17.8 Å². The normalized spacial score (nSPS) is 39.8. The van der Waals surface area contributed by atoms with Crippen LogP contribution in [-0.4, -0.2) is 18.8 Å². The number of allylic oxidation sites excluding steroid dienone is 2. The van der Waals surface area contributed by atoms with Crippen LogP contribution in [0.5, 0.6) is 0 Å². The van der Waals surface area contributed by atoms with Gasteiger partial charge >= 0.3 is 5.97 Å². The van der Waals surface area contributed by atoms with E-state index in [2.05, 4.69) is 39.8 Å². The van der Waals surface area contributed by atoms with Gasteiger partial charge in [-0.2, -0.15) is 0 Å². The molecule has 0 aromatic carbocycles. The Kier molecular flexibility index (Phi) is 6.31. The number of fused-ring (bicyclic) bond motifs is 4. The summed E-state index contributed by atoms with van der Waals surface area (Å²) in [6.45, 7) is 12.0. The van der Waals surface area contributed by atoms with Gasteiger partial charge in [0.05, 0.1) is 11.6 Å². The number of carbonyl (C=O) groups is 1. The van der Waals surface area contributed by atoms with E-state index in [-0.39, 0.29) is 22.7 Å². The van der Waals surface area contributed by atoms with Crippen molar-refractivity contribution in [2.24, 2.45) is 45.6 Å². The van der Waals surface area contributed by atoms with Gasteiger partial charge in [-0.1, -0.05) is 59.0 Å². The number of nitrogens with zero attached hydrogens (tertiary/aromatic N) is 1. The first-order chi connectivity index (χ1) is 14.7. The molecule has 31 heavy (non-hydrogen) atoms. The van der Waals surface area contributed by atoms with Gasteiger partial charge in [0.25, 0.3) is 0 Å². The highest BCUT2D eigenvalue weighted by atomic mass is 16.6. The average Bonchev–Trinajstić information content (AvgIpc) is 3.06. The van der Waals surface area contributed by atoms with Crippen LogP contribution in [0.15, 0.2) is 16.5 Å². The minimum Gasteiger partial charge on any atom is -0.431 e. The molecule has 0 bridgehead atoms. The number of hydrogen-bond acceptors (Lipinski definition) is 4. The van der Waals surface area contributed by atoms with Gasteiger partial charge in [0.15, 0.2) is 0 Å². The molecular formula is C27H43NO3. The average molecular weight is 430 g/mol. The molecule has 0 saturated heterocycles. The number of oxime groups is 1. The lowest BCUT2D eigenvalue weighted by Crippen LogP contribution is -2.49. The van der Waals surface area contributed by atoms with E-state index in [0.717, 1.165) is 48.5 Å². The van der Waals surface area contributed by atoms with Crippen LogP contribution in [0.4, 0.5) is 0 Å². The van der Waals surface area contributed by atoms with Gasteiger partial charge in [-0.3, -0.25) is 4.79 Å². The predicted octanol–water partition coefficient (Wildman–Crippen LogP) is 6.89. The minimum atomic E-state index is -0.106. The van der Waals surface area contributed by atoms with E-state index < -0.39 is 0 Å². The molecule has 2 fully saturated rings. The standard InChI is InChI=1S/C27H43NO3/c1-17(2)8-7-9-18(3)20-10-11-21-24-22(13-15-26(20,21)4)27(5)14-12-19(28-30-6)16-23(27)25(29)31-24/h17-18,20-21,23H,7-16H2,1-6H3/t18-,20-,21+,23-,26-,27-/m1/s1. The molecule has 0 N–H and O–H groups in total. The fraction of sp³-hybridized carbons (Fsp3) is 0.852. The third kappa shape index (κ3) is 3.86. The molecular weight excluding hydrogens is 386 g/mol. The van der Waals surface area contributed by atoms with Crippen LogP contribution >= 0.6 is 0 Å². The molecule has 0 radical (unpaired) electrons. The van der Waals surface area contributed by atoms with Crippen molar-refractivity contribution in [3.8, 4) is 0 Å². The highest BCUT2D eigenvalue weighted by Crippen LogP contribution is 2.64. The first-order valence-corrected chi connectivity index (χ1v) is 12.7. The van der Waals surface area contributed by atoms with Gasteiger partial charge in [-0.15, -0.1) is 0 Å². The summed E-state index contributed by atoms with van der Waals surface area (Å²) in [5, 5.41) is 4.17. The smallest absolute Gasteiger partial charge is 0.315 e. The molecule has 174 valence electrons. The van der Waals surface area contributed by atoms with E-state index in [1.165, 1.54) is 44.1 Å². The maximum Gasteiger partial charge on any atom is 0.315 e. The molecule has 0 unspecified atom stereocenters. The summed E-state index contributed by atoms with van der Waals surface area (Å²) in [7, 11) is 1.59. The number of hydrogen-bond donors (Lipinski definition) is 0.